The SMILES string of the molecule is CC(C)c1ccnc(-c2[c-]ccc3c2oc2cc(-c4ccc(C(C)(C)C)cc4)ccc23)c1.Cc1cc[c-]c(-c2cc[c]([Ge]([CH3])([CH3])[CH3])cn2)c1.[Ir]. The molecule has 0 N–H and O–H groups in total. The van der Waals surface area contributed by atoms with Crippen LogP contribution in [0.1, 0.15) is 57.2 Å². The van der Waals surface area contributed by atoms with Crippen LogP contribution in [-0.2, 0) is 25.5 Å². The van der Waals surface area contributed by atoms with E-state index in [1.54, 1.807) is 0 Å². The molecular weight excluding hydrogens is 849 g/mol. The number of hydrogen-bond acceptors (Lipinski definition) is 3. The molecule has 0 spiro atoms. The number of nitrogens with zero attached hydrogens (tertiary/aromatic N) is 2. The molecule has 5 heteroatoms. The Morgan fingerprint density at radius 2 is 1.44 bits per heavy atom. The number of aromatic nitrogens is 2. The van der Waals surface area contributed by atoms with Crippen molar-refractivity contribution in [2.75, 3.05) is 0 Å². The second-order valence-electron chi connectivity index (χ2n) is 15.3. The summed E-state index contributed by atoms with van der Waals surface area (Å²) in [6.07, 6.45) is 3.92. The predicted molar refractivity (Wildman–Crippen MR) is 210 cm³/mol. The van der Waals surface area contributed by atoms with Crippen molar-refractivity contribution in [1.29, 1.82) is 0 Å². The molecule has 3 heterocycles. The van der Waals surface area contributed by atoms with E-state index in [2.05, 4.69) is 166 Å². The van der Waals surface area contributed by atoms with Crippen LogP contribution in [-0.4, -0.2) is 23.2 Å². The summed E-state index contributed by atoms with van der Waals surface area (Å²) in [5, 5.41) is 2.21. The van der Waals surface area contributed by atoms with Gasteiger partial charge in [-0.2, -0.15) is 0 Å². The molecule has 0 aliphatic heterocycles. The molecule has 50 heavy (non-hydrogen) atoms. The topological polar surface area (TPSA) is 38.9 Å². The molecule has 0 unspecified atom stereocenters. The summed E-state index contributed by atoms with van der Waals surface area (Å²) in [6, 6.07) is 40.7. The summed E-state index contributed by atoms with van der Waals surface area (Å²) in [7, 11) is 0. The van der Waals surface area contributed by atoms with Gasteiger partial charge in [0.1, 0.15) is 5.58 Å². The molecule has 1 radical (unpaired) electrons. The van der Waals surface area contributed by atoms with E-state index in [1.165, 1.54) is 26.6 Å². The zero-order chi connectivity index (χ0) is 34.9. The minimum absolute atomic E-state index is 0. The Balaban J connectivity index is 0.000000229. The van der Waals surface area contributed by atoms with Crippen LogP contribution in [0.4, 0.5) is 0 Å². The maximum absolute atomic E-state index is 6.41. The Hall–Kier alpha value is -3.83. The van der Waals surface area contributed by atoms with Crippen LogP contribution in [0, 0.1) is 19.1 Å². The van der Waals surface area contributed by atoms with Crippen LogP contribution in [0.25, 0.3) is 55.6 Å². The molecule has 0 bridgehead atoms. The van der Waals surface area contributed by atoms with E-state index in [1.807, 2.05) is 24.5 Å². The smallest absolute Gasteiger partial charge is 0 e. The molecule has 0 amide bonds. The maximum atomic E-state index is 6.41. The van der Waals surface area contributed by atoms with Crippen LogP contribution in [0.3, 0.4) is 0 Å². The first kappa shape index (κ1) is 37.4. The van der Waals surface area contributed by atoms with E-state index in [4.69, 9.17) is 4.42 Å². The second-order valence-corrected chi connectivity index (χ2v) is 26.0. The molecule has 7 rings (SSSR count). The minimum atomic E-state index is -1.73. The van der Waals surface area contributed by atoms with Gasteiger partial charge in [-0.1, -0.05) is 93.6 Å². The molecule has 0 aliphatic carbocycles. The number of benzene rings is 4. The summed E-state index contributed by atoms with van der Waals surface area (Å²) in [4.78, 5) is 9.19. The first-order valence-electron chi connectivity index (χ1n) is 17.2. The number of hydrogen-bond donors (Lipinski definition) is 0. The minimum Gasteiger partial charge on any atom is 0 e. The van der Waals surface area contributed by atoms with Gasteiger partial charge in [-0.05, 0) is 45.8 Å². The van der Waals surface area contributed by atoms with Crippen molar-refractivity contribution in [2.45, 2.75) is 70.1 Å². The average Bonchev–Trinajstić information content (AvgIpc) is 3.46. The average molecular weight is 896 g/mol. The zero-order valence-electron chi connectivity index (χ0n) is 30.6. The van der Waals surface area contributed by atoms with Crippen molar-refractivity contribution in [3.63, 3.8) is 0 Å². The van der Waals surface area contributed by atoms with Gasteiger partial charge in [-0.3, -0.25) is 0 Å². The van der Waals surface area contributed by atoms with Gasteiger partial charge < -0.3 is 9.40 Å². The van der Waals surface area contributed by atoms with Gasteiger partial charge in [0, 0.05) is 31.7 Å². The molecule has 7 aromatic rings. The summed E-state index contributed by atoms with van der Waals surface area (Å²) in [5.41, 5.74) is 12.0. The molecule has 0 fully saturated rings. The molecule has 3 nitrogen and oxygen atoms in total. The first-order chi connectivity index (χ1) is 23.3. The van der Waals surface area contributed by atoms with E-state index in [0.29, 0.717) is 5.92 Å². The van der Waals surface area contributed by atoms with Crippen molar-refractivity contribution < 1.29 is 24.5 Å². The molecular formula is C45H46GeIrN2O-2. The van der Waals surface area contributed by atoms with E-state index in [9.17, 15) is 0 Å². The van der Waals surface area contributed by atoms with E-state index < -0.39 is 13.3 Å². The Kier molecular flexibility index (Phi) is 11.4. The third-order valence-corrected chi connectivity index (χ3v) is 13.3. The molecule has 0 saturated carbocycles. The zero-order valence-corrected chi connectivity index (χ0v) is 35.1. The van der Waals surface area contributed by atoms with Gasteiger partial charge in [0.25, 0.3) is 0 Å². The summed E-state index contributed by atoms with van der Waals surface area (Å²) in [5.74, 6) is 7.60. The third kappa shape index (κ3) is 8.37. The number of pyridine rings is 2. The second kappa shape index (κ2) is 15.2. The van der Waals surface area contributed by atoms with Crippen molar-refractivity contribution >= 4 is 39.6 Å². The number of aryl methyl sites for hydroxylation is 1. The quantitative estimate of drug-likeness (QED) is 0.128. The number of furan rings is 1. The fraction of sp³-hybridized carbons (Fsp3) is 0.244. The normalized spacial score (nSPS) is 11.7. The van der Waals surface area contributed by atoms with Crippen molar-refractivity contribution in [1.82, 2.24) is 9.97 Å². The standard InChI is InChI=1S/C30H28NO.C15H18GeN.Ir/c1-19(2)21-15-16-31-27(17-21)26-8-6-7-25-24-14-11-22(18-28(24)32-29(25)26)20-9-12-23(13-10-20)30(3,4)5;1-12-6-5-7-13(10-12)15-9-8-14(11-17-15)16(2,3)4;/h6-7,9-19H,1-5H3;5-6,8-11H,1-4H3;/q2*-1;. The largest absolute Gasteiger partial charge is 0 e. The Labute approximate surface area is 314 Å². The molecule has 0 atom stereocenters. The van der Waals surface area contributed by atoms with E-state index >= 15 is 0 Å². The third-order valence-electron chi connectivity index (χ3n) is 9.09. The molecule has 0 saturated heterocycles. The van der Waals surface area contributed by atoms with Crippen LogP contribution in [0.2, 0.25) is 17.3 Å². The van der Waals surface area contributed by atoms with Crippen LogP contribution >= 0.6 is 0 Å². The number of fused-ring (bicyclic) bond motifs is 3. The van der Waals surface area contributed by atoms with Crippen molar-refractivity contribution in [3.05, 3.63) is 138 Å². The monoisotopic (exact) mass is 897 g/mol. The van der Waals surface area contributed by atoms with E-state index in [-0.39, 0.29) is 25.5 Å². The Bertz CT molecular complexity index is 2220. The van der Waals surface area contributed by atoms with Crippen LogP contribution < -0.4 is 4.40 Å². The van der Waals surface area contributed by atoms with Gasteiger partial charge in [0.15, 0.2) is 0 Å². The fourth-order valence-electron chi connectivity index (χ4n) is 5.94. The van der Waals surface area contributed by atoms with Gasteiger partial charge in [0.05, 0.1) is 5.58 Å². The summed E-state index contributed by atoms with van der Waals surface area (Å²) in [6.45, 7) is 13.2. The fourth-order valence-corrected chi connectivity index (χ4v) is 8.11. The molecule has 0 aliphatic rings. The number of rotatable bonds is 5. The maximum Gasteiger partial charge on any atom is 0 e. The summed E-state index contributed by atoms with van der Waals surface area (Å²) >= 11 is -1.73. The Morgan fingerprint density at radius 1 is 0.720 bits per heavy atom. The Morgan fingerprint density at radius 3 is 2.08 bits per heavy atom. The summed E-state index contributed by atoms with van der Waals surface area (Å²) < 4.78 is 7.85. The van der Waals surface area contributed by atoms with Crippen molar-refractivity contribution in [2.24, 2.45) is 0 Å². The van der Waals surface area contributed by atoms with Crippen molar-refractivity contribution in [3.8, 4) is 33.6 Å². The van der Waals surface area contributed by atoms with Gasteiger partial charge in [0.2, 0.25) is 0 Å². The first-order valence-corrected chi connectivity index (χ1v) is 24.5. The molecule has 257 valence electrons. The predicted octanol–water partition coefficient (Wildman–Crippen LogP) is 11.9. The van der Waals surface area contributed by atoms with Gasteiger partial charge >= 0.3 is 106 Å². The molecule has 3 aromatic heterocycles. The van der Waals surface area contributed by atoms with Gasteiger partial charge in [-0.15, -0.1) is 18.2 Å². The van der Waals surface area contributed by atoms with Crippen LogP contribution in [0.5, 0.6) is 0 Å². The van der Waals surface area contributed by atoms with Crippen LogP contribution in [0.15, 0.2) is 114 Å². The van der Waals surface area contributed by atoms with Gasteiger partial charge in [-0.25, -0.2) is 0 Å². The van der Waals surface area contributed by atoms with E-state index in [0.717, 1.165) is 50.0 Å². The molecule has 4 aromatic carbocycles.